The van der Waals surface area contributed by atoms with Gasteiger partial charge in [-0.15, -0.1) is 0 Å². The van der Waals surface area contributed by atoms with E-state index in [0.29, 0.717) is 10.0 Å². The first kappa shape index (κ1) is 14.1. The Balaban J connectivity index is 2.48. The molecule has 0 aliphatic rings. The molecule has 2 N–H and O–H groups in total. The van der Waals surface area contributed by atoms with Gasteiger partial charge in [0, 0.05) is 3.57 Å². The van der Waals surface area contributed by atoms with Crippen molar-refractivity contribution in [3.8, 4) is 0 Å². The summed E-state index contributed by atoms with van der Waals surface area (Å²) in [5, 5.41) is 0.897. The molecule has 0 aliphatic carbocycles. The lowest BCUT2D eigenvalue weighted by atomic mass is 9.99. The van der Waals surface area contributed by atoms with Gasteiger partial charge in [-0.05, 0) is 51.9 Å². The summed E-state index contributed by atoms with van der Waals surface area (Å²) in [6.45, 7) is 0. The van der Waals surface area contributed by atoms with E-state index in [2.05, 4.69) is 22.6 Å². The fourth-order valence-corrected chi connectivity index (χ4v) is 2.92. The molecule has 0 spiro atoms. The summed E-state index contributed by atoms with van der Waals surface area (Å²) in [6.07, 6.45) is 0. The number of halogens is 4. The van der Waals surface area contributed by atoms with Crippen molar-refractivity contribution < 1.29 is 4.39 Å². The molecule has 0 heterocycles. The van der Waals surface area contributed by atoms with Crippen LogP contribution >= 0.6 is 45.8 Å². The molecule has 0 saturated heterocycles. The molecule has 1 atom stereocenters. The first-order chi connectivity index (χ1) is 8.50. The maximum Gasteiger partial charge on any atom is 0.124 e. The molecule has 2 aromatic carbocycles. The molecule has 0 bridgehead atoms. The summed E-state index contributed by atoms with van der Waals surface area (Å²) >= 11 is 14.1. The molecule has 0 saturated carbocycles. The molecule has 0 fully saturated rings. The summed E-state index contributed by atoms with van der Waals surface area (Å²) in [7, 11) is 0. The minimum absolute atomic E-state index is 0.285. The normalized spacial score (nSPS) is 12.5. The predicted molar refractivity (Wildman–Crippen MR) is 81.6 cm³/mol. The van der Waals surface area contributed by atoms with Crippen molar-refractivity contribution in [2.45, 2.75) is 6.04 Å². The molecule has 1 nitrogen and oxygen atoms in total. The van der Waals surface area contributed by atoms with E-state index in [-0.39, 0.29) is 5.82 Å². The highest BCUT2D eigenvalue weighted by molar-refractivity contribution is 14.1. The number of rotatable bonds is 2. The average Bonchev–Trinajstić information content (AvgIpc) is 2.32. The minimum Gasteiger partial charge on any atom is -0.320 e. The van der Waals surface area contributed by atoms with Crippen LogP contribution in [0.25, 0.3) is 0 Å². The lowest BCUT2D eigenvalue weighted by Crippen LogP contribution is -2.14. The molecule has 1 unspecified atom stereocenters. The third-order valence-electron chi connectivity index (χ3n) is 2.61. The Labute approximate surface area is 128 Å². The topological polar surface area (TPSA) is 26.0 Å². The highest BCUT2D eigenvalue weighted by Gasteiger charge is 2.16. The lowest BCUT2D eigenvalue weighted by molar-refractivity contribution is 0.625. The molecule has 2 aromatic rings. The van der Waals surface area contributed by atoms with Gasteiger partial charge >= 0.3 is 0 Å². The zero-order valence-electron chi connectivity index (χ0n) is 9.13. The standard InChI is InChI=1S/C13H9Cl2FIN/c14-10-3-1-2-9(12(10)15)13(18)8-5-4-7(16)6-11(8)17/h1-6,13H,18H2. The molecule has 0 radical (unpaired) electrons. The Morgan fingerprint density at radius 3 is 2.50 bits per heavy atom. The maximum atomic E-state index is 13.1. The van der Waals surface area contributed by atoms with E-state index in [1.807, 2.05) is 6.07 Å². The van der Waals surface area contributed by atoms with Gasteiger partial charge in [0.25, 0.3) is 0 Å². The molecular formula is C13H9Cl2FIN. The summed E-state index contributed by atoms with van der Waals surface area (Å²) in [5.74, 6) is -0.285. The molecule has 0 aliphatic heterocycles. The monoisotopic (exact) mass is 395 g/mol. The second-order valence-corrected chi connectivity index (χ2v) is 5.73. The Morgan fingerprint density at radius 2 is 1.83 bits per heavy atom. The number of nitrogens with two attached hydrogens (primary N) is 1. The number of benzene rings is 2. The van der Waals surface area contributed by atoms with Gasteiger partial charge in [-0.3, -0.25) is 0 Å². The van der Waals surface area contributed by atoms with Gasteiger partial charge in [0.15, 0.2) is 0 Å². The zero-order valence-corrected chi connectivity index (χ0v) is 12.8. The molecule has 18 heavy (non-hydrogen) atoms. The van der Waals surface area contributed by atoms with Gasteiger partial charge in [0.05, 0.1) is 16.1 Å². The quantitative estimate of drug-likeness (QED) is 0.727. The molecular weight excluding hydrogens is 387 g/mol. The van der Waals surface area contributed by atoms with Crippen LogP contribution in [0, 0.1) is 9.39 Å². The van der Waals surface area contributed by atoms with E-state index in [4.69, 9.17) is 28.9 Å². The van der Waals surface area contributed by atoms with E-state index < -0.39 is 6.04 Å². The van der Waals surface area contributed by atoms with E-state index in [0.717, 1.165) is 14.7 Å². The van der Waals surface area contributed by atoms with Gasteiger partial charge in [-0.1, -0.05) is 41.4 Å². The Kier molecular flexibility index (Phi) is 4.48. The van der Waals surface area contributed by atoms with Crippen molar-refractivity contribution in [3.63, 3.8) is 0 Å². The fourth-order valence-electron chi connectivity index (χ4n) is 1.68. The van der Waals surface area contributed by atoms with Crippen LogP contribution in [0.5, 0.6) is 0 Å². The predicted octanol–water partition coefficient (Wildman–Crippen LogP) is 4.79. The molecule has 5 heteroatoms. The summed E-state index contributed by atoms with van der Waals surface area (Å²) in [4.78, 5) is 0. The summed E-state index contributed by atoms with van der Waals surface area (Å²) in [6, 6.07) is 9.38. The Morgan fingerprint density at radius 1 is 1.11 bits per heavy atom. The lowest BCUT2D eigenvalue weighted by Gasteiger charge is -2.16. The molecule has 94 valence electrons. The second-order valence-electron chi connectivity index (χ2n) is 3.79. The minimum atomic E-state index is -0.427. The van der Waals surface area contributed by atoms with Crippen LogP contribution in [0.3, 0.4) is 0 Å². The third-order valence-corrected chi connectivity index (χ3v) is 4.38. The van der Waals surface area contributed by atoms with E-state index in [1.165, 1.54) is 12.1 Å². The van der Waals surface area contributed by atoms with Crippen LogP contribution in [0.4, 0.5) is 4.39 Å². The highest BCUT2D eigenvalue weighted by atomic mass is 127. The van der Waals surface area contributed by atoms with Gasteiger partial charge in [0.1, 0.15) is 5.82 Å². The average molecular weight is 396 g/mol. The van der Waals surface area contributed by atoms with Crippen LogP contribution in [-0.4, -0.2) is 0 Å². The van der Waals surface area contributed by atoms with Crippen LogP contribution in [0.2, 0.25) is 10.0 Å². The van der Waals surface area contributed by atoms with Gasteiger partial charge in [-0.2, -0.15) is 0 Å². The molecule has 0 amide bonds. The van der Waals surface area contributed by atoms with E-state index >= 15 is 0 Å². The fraction of sp³-hybridized carbons (Fsp3) is 0.0769. The second kappa shape index (κ2) is 5.74. The van der Waals surface area contributed by atoms with Gasteiger partial charge in [0.2, 0.25) is 0 Å². The first-order valence-electron chi connectivity index (χ1n) is 5.15. The smallest absolute Gasteiger partial charge is 0.124 e. The highest BCUT2D eigenvalue weighted by Crippen LogP contribution is 2.33. The van der Waals surface area contributed by atoms with Crippen LogP contribution in [-0.2, 0) is 0 Å². The zero-order chi connectivity index (χ0) is 13.3. The summed E-state index contributed by atoms with van der Waals surface area (Å²) in [5.41, 5.74) is 7.72. The summed E-state index contributed by atoms with van der Waals surface area (Å²) < 4.78 is 13.8. The Hall–Kier alpha value is -0.360. The third kappa shape index (κ3) is 2.79. The first-order valence-corrected chi connectivity index (χ1v) is 6.98. The maximum absolute atomic E-state index is 13.1. The SMILES string of the molecule is NC(c1ccc(F)cc1I)c1cccc(Cl)c1Cl. The molecule has 2 rings (SSSR count). The molecule has 0 aromatic heterocycles. The van der Waals surface area contributed by atoms with Crippen molar-refractivity contribution >= 4 is 45.8 Å². The van der Waals surface area contributed by atoms with Crippen LogP contribution < -0.4 is 5.73 Å². The van der Waals surface area contributed by atoms with Crippen molar-refractivity contribution in [1.82, 2.24) is 0 Å². The van der Waals surface area contributed by atoms with Crippen LogP contribution in [0.15, 0.2) is 36.4 Å². The number of hydrogen-bond acceptors (Lipinski definition) is 1. The van der Waals surface area contributed by atoms with Crippen molar-refractivity contribution in [3.05, 3.63) is 67.0 Å². The van der Waals surface area contributed by atoms with Gasteiger partial charge in [-0.25, -0.2) is 4.39 Å². The van der Waals surface area contributed by atoms with Crippen molar-refractivity contribution in [2.24, 2.45) is 5.73 Å². The van der Waals surface area contributed by atoms with Crippen molar-refractivity contribution in [2.75, 3.05) is 0 Å². The number of hydrogen-bond donors (Lipinski definition) is 1. The van der Waals surface area contributed by atoms with E-state index in [1.54, 1.807) is 18.2 Å². The van der Waals surface area contributed by atoms with E-state index in [9.17, 15) is 4.39 Å². The Bertz CT molecular complexity index is 589. The van der Waals surface area contributed by atoms with Crippen LogP contribution in [0.1, 0.15) is 17.2 Å². The van der Waals surface area contributed by atoms with Crippen molar-refractivity contribution in [1.29, 1.82) is 0 Å². The van der Waals surface area contributed by atoms with Gasteiger partial charge < -0.3 is 5.73 Å². The largest absolute Gasteiger partial charge is 0.320 e.